The summed E-state index contributed by atoms with van der Waals surface area (Å²) in [5, 5.41) is 14.0. The third kappa shape index (κ3) is 4.48. The topological polar surface area (TPSA) is 54.0 Å². The first kappa shape index (κ1) is 17.7. The Labute approximate surface area is 144 Å². The average Bonchev–Trinajstić information content (AvgIpc) is 2.55. The Bertz CT molecular complexity index is 521. The van der Waals surface area contributed by atoms with Gasteiger partial charge in [-0.25, -0.2) is 0 Å². The Morgan fingerprint density at radius 2 is 1.83 bits per heavy atom. The predicted molar refractivity (Wildman–Crippen MR) is 95.4 cm³/mol. The van der Waals surface area contributed by atoms with E-state index in [1.807, 2.05) is 0 Å². The highest BCUT2D eigenvalue weighted by atomic mass is 16.5. The third-order valence-electron chi connectivity index (χ3n) is 4.94. The number of anilines is 1. The van der Waals surface area contributed by atoms with Gasteiger partial charge in [-0.05, 0) is 25.5 Å². The van der Waals surface area contributed by atoms with Gasteiger partial charge in [0.05, 0.1) is 17.8 Å². The van der Waals surface area contributed by atoms with Crippen molar-refractivity contribution < 1.29 is 14.6 Å². The van der Waals surface area contributed by atoms with Crippen LogP contribution in [0.5, 0.6) is 0 Å². The van der Waals surface area contributed by atoms with E-state index in [9.17, 15) is 5.11 Å². The molecule has 5 nitrogen and oxygen atoms in total. The first-order valence-electron chi connectivity index (χ1n) is 9.05. The fraction of sp³-hybridized carbons (Fsp3) is 0.684. The van der Waals surface area contributed by atoms with Crippen LogP contribution in [0.3, 0.4) is 0 Å². The summed E-state index contributed by atoms with van der Waals surface area (Å²) in [6, 6.07) is 8.53. The number of nitrogens with zero attached hydrogens (tertiary/aromatic N) is 1. The van der Waals surface area contributed by atoms with Gasteiger partial charge in [0.15, 0.2) is 0 Å². The zero-order chi connectivity index (χ0) is 17.0. The van der Waals surface area contributed by atoms with Crippen molar-refractivity contribution in [3.05, 3.63) is 29.8 Å². The lowest BCUT2D eigenvalue weighted by molar-refractivity contribution is -0.0616. The number of aliphatic hydroxyl groups is 1. The first-order valence-corrected chi connectivity index (χ1v) is 9.05. The van der Waals surface area contributed by atoms with Gasteiger partial charge in [0.1, 0.15) is 0 Å². The Morgan fingerprint density at radius 1 is 1.17 bits per heavy atom. The number of hydrogen-bond donors (Lipinski definition) is 2. The Kier molecular flexibility index (Phi) is 5.76. The molecule has 2 fully saturated rings. The number of morpholine rings is 1. The summed E-state index contributed by atoms with van der Waals surface area (Å²) >= 11 is 0. The van der Waals surface area contributed by atoms with E-state index in [-0.39, 0.29) is 12.2 Å². The van der Waals surface area contributed by atoms with Crippen LogP contribution in [-0.2, 0) is 16.0 Å². The summed E-state index contributed by atoms with van der Waals surface area (Å²) in [5.41, 5.74) is 1.91. The van der Waals surface area contributed by atoms with Crippen molar-refractivity contribution in [1.29, 1.82) is 0 Å². The summed E-state index contributed by atoms with van der Waals surface area (Å²) in [5.74, 6) is 0. The second-order valence-electron chi connectivity index (χ2n) is 7.23. The highest BCUT2D eigenvalue weighted by Crippen LogP contribution is 2.25. The van der Waals surface area contributed by atoms with E-state index >= 15 is 0 Å². The summed E-state index contributed by atoms with van der Waals surface area (Å²) < 4.78 is 11.2. The number of benzene rings is 1. The average molecular weight is 334 g/mol. The summed E-state index contributed by atoms with van der Waals surface area (Å²) in [4.78, 5) is 2.42. The van der Waals surface area contributed by atoms with Crippen LogP contribution >= 0.6 is 0 Å². The zero-order valence-electron chi connectivity index (χ0n) is 14.8. The molecule has 2 N–H and O–H groups in total. The summed E-state index contributed by atoms with van der Waals surface area (Å²) in [6.07, 6.45) is 1.91. The lowest BCUT2D eigenvalue weighted by Crippen LogP contribution is -2.46. The van der Waals surface area contributed by atoms with Gasteiger partial charge in [-0.2, -0.15) is 0 Å². The molecule has 0 bridgehead atoms. The Balaban J connectivity index is 1.61. The van der Waals surface area contributed by atoms with Gasteiger partial charge in [-0.15, -0.1) is 0 Å². The summed E-state index contributed by atoms with van der Waals surface area (Å²) in [6.45, 7) is 8.77. The van der Waals surface area contributed by atoms with Crippen molar-refractivity contribution in [3.8, 4) is 0 Å². The van der Waals surface area contributed by atoms with Crippen LogP contribution in [0, 0.1) is 0 Å². The van der Waals surface area contributed by atoms with Gasteiger partial charge in [-0.1, -0.05) is 18.2 Å². The molecular formula is C19H30N2O3. The SMILES string of the molecule is CC1CN(c2ccccc2CNCC2(O)CCOCC2)CC(C)O1. The maximum Gasteiger partial charge on any atom is 0.0815 e. The van der Waals surface area contributed by atoms with Crippen LogP contribution in [0.25, 0.3) is 0 Å². The van der Waals surface area contributed by atoms with Crippen LogP contribution in [0.1, 0.15) is 32.3 Å². The molecule has 2 saturated heterocycles. The smallest absolute Gasteiger partial charge is 0.0815 e. The van der Waals surface area contributed by atoms with E-state index in [4.69, 9.17) is 9.47 Å². The maximum atomic E-state index is 10.6. The molecule has 0 spiro atoms. The van der Waals surface area contributed by atoms with Crippen molar-refractivity contribution in [3.63, 3.8) is 0 Å². The van der Waals surface area contributed by atoms with Gasteiger partial charge >= 0.3 is 0 Å². The van der Waals surface area contributed by atoms with E-state index in [0.717, 1.165) is 19.6 Å². The van der Waals surface area contributed by atoms with E-state index in [2.05, 4.69) is 48.3 Å². The van der Waals surface area contributed by atoms with E-state index in [1.54, 1.807) is 0 Å². The Hall–Kier alpha value is -1.14. The molecule has 0 aromatic heterocycles. The van der Waals surface area contributed by atoms with E-state index in [0.29, 0.717) is 32.6 Å². The van der Waals surface area contributed by atoms with Gasteiger partial charge < -0.3 is 24.8 Å². The Morgan fingerprint density at radius 3 is 2.54 bits per heavy atom. The standard InChI is InChI=1S/C19H30N2O3/c1-15-12-21(13-16(2)24-15)18-6-4-3-5-17(18)11-20-14-19(22)7-9-23-10-8-19/h3-6,15-16,20,22H,7-14H2,1-2H3. The highest BCUT2D eigenvalue weighted by molar-refractivity contribution is 5.54. The van der Waals surface area contributed by atoms with Gasteiger partial charge in [0.25, 0.3) is 0 Å². The minimum absolute atomic E-state index is 0.248. The third-order valence-corrected chi connectivity index (χ3v) is 4.94. The molecule has 2 heterocycles. The van der Waals surface area contributed by atoms with E-state index < -0.39 is 5.60 Å². The first-order chi connectivity index (χ1) is 11.6. The molecule has 0 radical (unpaired) electrons. The van der Waals surface area contributed by atoms with Crippen LogP contribution in [0.4, 0.5) is 5.69 Å². The van der Waals surface area contributed by atoms with E-state index in [1.165, 1.54) is 11.3 Å². The molecule has 0 aliphatic carbocycles. The molecule has 1 aromatic rings. The predicted octanol–water partition coefficient (Wildman–Crippen LogP) is 1.93. The van der Waals surface area contributed by atoms with Crippen LogP contribution in [0.2, 0.25) is 0 Å². The molecule has 5 heteroatoms. The fourth-order valence-corrected chi connectivity index (χ4v) is 3.70. The lowest BCUT2D eigenvalue weighted by atomic mass is 9.94. The monoisotopic (exact) mass is 334 g/mol. The van der Waals surface area contributed by atoms with Crippen molar-refractivity contribution >= 4 is 5.69 Å². The number of ether oxygens (including phenoxy) is 2. The zero-order valence-corrected chi connectivity index (χ0v) is 14.8. The second kappa shape index (κ2) is 7.83. The molecule has 0 saturated carbocycles. The number of para-hydroxylation sites is 1. The van der Waals surface area contributed by atoms with Crippen molar-refractivity contribution in [1.82, 2.24) is 5.32 Å². The largest absolute Gasteiger partial charge is 0.388 e. The van der Waals surface area contributed by atoms with Crippen LogP contribution in [-0.4, -0.2) is 55.8 Å². The lowest BCUT2D eigenvalue weighted by Gasteiger charge is -2.38. The molecule has 2 aliphatic rings. The van der Waals surface area contributed by atoms with Gasteiger partial charge in [0, 0.05) is 57.9 Å². The molecule has 1 aromatic carbocycles. The molecular weight excluding hydrogens is 304 g/mol. The quantitative estimate of drug-likeness (QED) is 0.862. The van der Waals surface area contributed by atoms with Crippen molar-refractivity contribution in [2.45, 2.75) is 51.0 Å². The molecule has 3 rings (SSSR count). The normalized spacial score (nSPS) is 27.2. The number of nitrogens with one attached hydrogen (secondary N) is 1. The number of rotatable bonds is 5. The highest BCUT2D eigenvalue weighted by Gasteiger charge is 2.29. The molecule has 2 aliphatic heterocycles. The van der Waals surface area contributed by atoms with Crippen LogP contribution < -0.4 is 10.2 Å². The molecule has 2 atom stereocenters. The maximum absolute atomic E-state index is 10.6. The second-order valence-corrected chi connectivity index (χ2v) is 7.23. The summed E-state index contributed by atoms with van der Waals surface area (Å²) in [7, 11) is 0. The van der Waals surface area contributed by atoms with Gasteiger partial charge in [-0.3, -0.25) is 0 Å². The fourth-order valence-electron chi connectivity index (χ4n) is 3.70. The van der Waals surface area contributed by atoms with Crippen LogP contribution in [0.15, 0.2) is 24.3 Å². The van der Waals surface area contributed by atoms with Gasteiger partial charge in [0.2, 0.25) is 0 Å². The molecule has 2 unspecified atom stereocenters. The number of hydrogen-bond acceptors (Lipinski definition) is 5. The molecule has 134 valence electrons. The molecule has 24 heavy (non-hydrogen) atoms. The van der Waals surface area contributed by atoms with Crippen molar-refractivity contribution in [2.75, 3.05) is 37.7 Å². The minimum Gasteiger partial charge on any atom is -0.388 e. The molecule has 0 amide bonds. The van der Waals surface area contributed by atoms with Crippen molar-refractivity contribution in [2.24, 2.45) is 0 Å². The minimum atomic E-state index is -0.630.